The Bertz CT molecular complexity index is 320. The SMILES string of the molecule is C1CCC(N2CC3(CCCC3)NCC23CCCC3)C1. The summed E-state index contributed by atoms with van der Waals surface area (Å²) in [5.41, 5.74) is 1.07. The van der Waals surface area contributed by atoms with Crippen molar-refractivity contribution in [2.75, 3.05) is 13.1 Å². The number of nitrogens with zero attached hydrogens (tertiary/aromatic N) is 1. The van der Waals surface area contributed by atoms with Gasteiger partial charge in [-0.2, -0.15) is 0 Å². The summed E-state index contributed by atoms with van der Waals surface area (Å²) in [6.07, 6.45) is 17.6. The van der Waals surface area contributed by atoms with Gasteiger partial charge in [0, 0.05) is 30.2 Å². The summed E-state index contributed by atoms with van der Waals surface area (Å²) < 4.78 is 0. The van der Waals surface area contributed by atoms with Gasteiger partial charge >= 0.3 is 0 Å². The van der Waals surface area contributed by atoms with E-state index in [0.29, 0.717) is 11.1 Å². The first-order valence-electron chi connectivity index (χ1n) is 8.84. The molecule has 1 aliphatic heterocycles. The summed E-state index contributed by atoms with van der Waals surface area (Å²) in [6.45, 7) is 2.67. The molecule has 19 heavy (non-hydrogen) atoms. The van der Waals surface area contributed by atoms with Crippen LogP contribution >= 0.6 is 0 Å². The van der Waals surface area contributed by atoms with E-state index in [1.54, 1.807) is 0 Å². The summed E-state index contributed by atoms with van der Waals surface area (Å²) in [7, 11) is 0. The first-order chi connectivity index (χ1) is 9.32. The predicted molar refractivity (Wildman–Crippen MR) is 79.4 cm³/mol. The van der Waals surface area contributed by atoms with E-state index in [9.17, 15) is 0 Å². The maximum atomic E-state index is 4.04. The van der Waals surface area contributed by atoms with Crippen molar-refractivity contribution in [1.82, 2.24) is 10.2 Å². The fourth-order valence-electron chi connectivity index (χ4n) is 5.62. The fourth-order valence-corrected chi connectivity index (χ4v) is 5.62. The van der Waals surface area contributed by atoms with Crippen molar-refractivity contribution < 1.29 is 0 Å². The van der Waals surface area contributed by atoms with Crippen LogP contribution < -0.4 is 5.32 Å². The Balaban J connectivity index is 1.59. The first-order valence-corrected chi connectivity index (χ1v) is 8.84. The van der Waals surface area contributed by atoms with E-state index < -0.39 is 0 Å². The average Bonchev–Trinajstić information content (AvgIpc) is 3.16. The van der Waals surface area contributed by atoms with Crippen LogP contribution in [-0.2, 0) is 0 Å². The van der Waals surface area contributed by atoms with Gasteiger partial charge in [-0.1, -0.05) is 38.5 Å². The van der Waals surface area contributed by atoms with Gasteiger partial charge in [-0.3, -0.25) is 4.90 Å². The quantitative estimate of drug-likeness (QED) is 0.778. The topological polar surface area (TPSA) is 15.3 Å². The number of rotatable bonds is 1. The second kappa shape index (κ2) is 4.73. The van der Waals surface area contributed by atoms with E-state index in [1.807, 2.05) is 0 Å². The van der Waals surface area contributed by atoms with Gasteiger partial charge in [0.25, 0.3) is 0 Å². The Kier molecular flexibility index (Phi) is 3.15. The Labute approximate surface area is 118 Å². The van der Waals surface area contributed by atoms with Crippen LogP contribution in [0.15, 0.2) is 0 Å². The molecule has 4 aliphatic rings. The van der Waals surface area contributed by atoms with Gasteiger partial charge in [0.05, 0.1) is 0 Å². The van der Waals surface area contributed by atoms with Crippen LogP contribution in [0.5, 0.6) is 0 Å². The smallest absolute Gasteiger partial charge is 0.0337 e. The molecular weight excluding hydrogens is 232 g/mol. The number of piperazine rings is 1. The van der Waals surface area contributed by atoms with Gasteiger partial charge in [-0.25, -0.2) is 0 Å². The molecule has 0 radical (unpaired) electrons. The molecule has 1 heterocycles. The standard InChI is InChI=1S/C17H30N2/c1-2-8-15(7-1)19-14-16(9-3-4-10-16)18-13-17(19)11-5-6-12-17/h15,18H,1-14H2. The monoisotopic (exact) mass is 262 g/mol. The third-order valence-electron chi connectivity index (χ3n) is 6.74. The van der Waals surface area contributed by atoms with E-state index in [0.717, 1.165) is 6.04 Å². The lowest BCUT2D eigenvalue weighted by Crippen LogP contribution is -2.70. The van der Waals surface area contributed by atoms with E-state index >= 15 is 0 Å². The molecule has 1 saturated heterocycles. The second-order valence-electron chi connectivity index (χ2n) is 7.84. The Morgan fingerprint density at radius 3 is 2.11 bits per heavy atom. The fraction of sp³-hybridized carbons (Fsp3) is 1.00. The van der Waals surface area contributed by atoms with E-state index in [2.05, 4.69) is 10.2 Å². The van der Waals surface area contributed by atoms with Crippen LogP contribution in [-0.4, -0.2) is 35.1 Å². The van der Waals surface area contributed by atoms with Gasteiger partial charge in [0.1, 0.15) is 0 Å². The molecule has 4 rings (SSSR count). The summed E-state index contributed by atoms with van der Waals surface area (Å²) >= 11 is 0. The zero-order valence-corrected chi connectivity index (χ0v) is 12.4. The minimum atomic E-state index is 0.510. The van der Waals surface area contributed by atoms with Gasteiger partial charge in [0.2, 0.25) is 0 Å². The van der Waals surface area contributed by atoms with Crippen LogP contribution in [0.25, 0.3) is 0 Å². The van der Waals surface area contributed by atoms with Crippen molar-refractivity contribution in [2.24, 2.45) is 0 Å². The van der Waals surface area contributed by atoms with Crippen molar-refractivity contribution in [3.63, 3.8) is 0 Å². The molecule has 108 valence electrons. The van der Waals surface area contributed by atoms with Gasteiger partial charge in [-0.05, 0) is 38.5 Å². The molecule has 0 aromatic rings. The molecule has 0 aromatic carbocycles. The molecule has 2 spiro atoms. The van der Waals surface area contributed by atoms with E-state index in [-0.39, 0.29) is 0 Å². The molecule has 3 aliphatic carbocycles. The van der Waals surface area contributed by atoms with Crippen molar-refractivity contribution in [3.05, 3.63) is 0 Å². The van der Waals surface area contributed by atoms with E-state index in [1.165, 1.54) is 90.1 Å². The maximum absolute atomic E-state index is 4.04. The van der Waals surface area contributed by atoms with Gasteiger partial charge in [-0.15, -0.1) is 0 Å². The maximum Gasteiger partial charge on any atom is 0.0337 e. The predicted octanol–water partition coefficient (Wildman–Crippen LogP) is 3.46. The zero-order valence-electron chi connectivity index (χ0n) is 12.4. The molecule has 3 saturated carbocycles. The van der Waals surface area contributed by atoms with Crippen LogP contribution in [0.3, 0.4) is 0 Å². The molecule has 0 unspecified atom stereocenters. The molecule has 2 heteroatoms. The van der Waals surface area contributed by atoms with E-state index in [4.69, 9.17) is 0 Å². The molecule has 0 amide bonds. The highest BCUT2D eigenvalue weighted by atomic mass is 15.3. The number of nitrogens with one attached hydrogen (secondary N) is 1. The first kappa shape index (κ1) is 12.6. The van der Waals surface area contributed by atoms with Crippen molar-refractivity contribution in [1.29, 1.82) is 0 Å². The third kappa shape index (κ3) is 2.06. The largest absolute Gasteiger partial charge is 0.308 e. The van der Waals surface area contributed by atoms with Gasteiger partial charge < -0.3 is 5.32 Å². The molecule has 2 nitrogen and oxygen atoms in total. The average molecular weight is 262 g/mol. The lowest BCUT2D eigenvalue weighted by molar-refractivity contribution is -0.0215. The van der Waals surface area contributed by atoms with Crippen LogP contribution in [0, 0.1) is 0 Å². The molecule has 4 fully saturated rings. The van der Waals surface area contributed by atoms with Crippen LogP contribution in [0.4, 0.5) is 0 Å². The minimum absolute atomic E-state index is 0.510. The highest BCUT2D eigenvalue weighted by Crippen LogP contribution is 2.45. The van der Waals surface area contributed by atoms with Crippen LogP contribution in [0.1, 0.15) is 77.0 Å². The van der Waals surface area contributed by atoms with Crippen molar-refractivity contribution >= 4 is 0 Å². The summed E-state index contributed by atoms with van der Waals surface area (Å²) in [6, 6.07) is 0.928. The lowest BCUT2D eigenvalue weighted by atomic mass is 9.83. The zero-order chi connectivity index (χ0) is 12.8. The van der Waals surface area contributed by atoms with Crippen molar-refractivity contribution in [3.8, 4) is 0 Å². The molecular formula is C17H30N2. The molecule has 1 N–H and O–H groups in total. The van der Waals surface area contributed by atoms with Gasteiger partial charge in [0.15, 0.2) is 0 Å². The molecule has 0 bridgehead atoms. The number of hydrogen-bond donors (Lipinski definition) is 1. The summed E-state index contributed by atoms with van der Waals surface area (Å²) in [4.78, 5) is 3.04. The van der Waals surface area contributed by atoms with Crippen molar-refractivity contribution in [2.45, 2.75) is 94.2 Å². The summed E-state index contributed by atoms with van der Waals surface area (Å²) in [5, 5.41) is 4.04. The highest BCUT2D eigenvalue weighted by molar-refractivity contribution is 5.10. The normalized spacial score (nSPS) is 34.7. The Hall–Kier alpha value is -0.0800. The third-order valence-corrected chi connectivity index (χ3v) is 6.74. The Morgan fingerprint density at radius 1 is 0.789 bits per heavy atom. The number of hydrogen-bond acceptors (Lipinski definition) is 2. The molecule has 0 atom stereocenters. The lowest BCUT2D eigenvalue weighted by Gasteiger charge is -2.55. The highest BCUT2D eigenvalue weighted by Gasteiger charge is 2.51. The Morgan fingerprint density at radius 2 is 1.42 bits per heavy atom. The summed E-state index contributed by atoms with van der Waals surface area (Å²) in [5.74, 6) is 0. The van der Waals surface area contributed by atoms with Crippen LogP contribution in [0.2, 0.25) is 0 Å². The minimum Gasteiger partial charge on any atom is -0.308 e. The molecule has 0 aromatic heterocycles. The second-order valence-corrected chi connectivity index (χ2v) is 7.84.